The van der Waals surface area contributed by atoms with E-state index in [2.05, 4.69) is 10.3 Å². The maximum absolute atomic E-state index is 13.2. The highest BCUT2D eigenvalue weighted by atomic mass is 16.6. The van der Waals surface area contributed by atoms with Crippen molar-refractivity contribution in [2.24, 2.45) is 11.8 Å². The standard InChI is InChI=1S/C23H32N4O6/c1-14(2)12-32-19-8-17(7-18(9-19)27(30)31)20-10-24-22(25-16(5)6)23(29)26(20)11-21(28)33-13-15(3)4/h7-10,14-16H,11-13H2,1-6H3,(H,24,25). The Kier molecular flexibility index (Phi) is 8.95. The number of hydrogen-bond acceptors (Lipinski definition) is 8. The third kappa shape index (κ3) is 7.58. The summed E-state index contributed by atoms with van der Waals surface area (Å²) in [6.45, 7) is 11.7. The molecule has 0 unspecified atom stereocenters. The molecule has 0 bridgehead atoms. The van der Waals surface area contributed by atoms with E-state index in [4.69, 9.17) is 9.47 Å². The number of hydrogen-bond donors (Lipinski definition) is 1. The SMILES string of the molecule is CC(C)COC(=O)Cn1c(-c2cc(OCC(C)C)cc([N+](=O)[O-])c2)cnc(NC(C)C)c1=O. The highest BCUT2D eigenvalue weighted by Gasteiger charge is 2.20. The molecule has 1 aromatic carbocycles. The van der Waals surface area contributed by atoms with Crippen molar-refractivity contribution in [3.05, 3.63) is 44.9 Å². The Balaban J connectivity index is 2.59. The van der Waals surface area contributed by atoms with Crippen LogP contribution >= 0.6 is 0 Å². The zero-order chi connectivity index (χ0) is 24.7. The Labute approximate surface area is 193 Å². The molecular weight excluding hydrogens is 428 g/mol. The van der Waals surface area contributed by atoms with Gasteiger partial charge < -0.3 is 14.8 Å². The van der Waals surface area contributed by atoms with Gasteiger partial charge in [-0.15, -0.1) is 0 Å². The van der Waals surface area contributed by atoms with Gasteiger partial charge in [0.1, 0.15) is 12.3 Å². The molecule has 2 rings (SSSR count). The quantitative estimate of drug-likeness (QED) is 0.304. The highest BCUT2D eigenvalue weighted by Crippen LogP contribution is 2.30. The lowest BCUT2D eigenvalue weighted by molar-refractivity contribution is -0.384. The number of non-ortho nitro benzene ring substituents is 1. The van der Waals surface area contributed by atoms with Crippen molar-refractivity contribution < 1.29 is 19.2 Å². The van der Waals surface area contributed by atoms with Crippen LogP contribution in [0.25, 0.3) is 11.3 Å². The number of nitro benzene ring substituents is 1. The Morgan fingerprint density at radius 1 is 1.12 bits per heavy atom. The van der Waals surface area contributed by atoms with Gasteiger partial charge in [0, 0.05) is 17.7 Å². The smallest absolute Gasteiger partial charge is 0.326 e. The first-order valence-corrected chi connectivity index (χ1v) is 10.9. The van der Waals surface area contributed by atoms with Crippen LogP contribution in [-0.4, -0.2) is 39.7 Å². The van der Waals surface area contributed by atoms with Crippen LogP contribution in [-0.2, 0) is 16.1 Å². The molecular formula is C23H32N4O6. The third-order valence-corrected chi connectivity index (χ3v) is 4.33. The first-order valence-electron chi connectivity index (χ1n) is 10.9. The maximum Gasteiger partial charge on any atom is 0.326 e. The van der Waals surface area contributed by atoms with Crippen molar-refractivity contribution in [2.45, 2.75) is 54.1 Å². The van der Waals surface area contributed by atoms with E-state index < -0.39 is 16.5 Å². The molecule has 0 saturated carbocycles. The van der Waals surface area contributed by atoms with Crippen LogP contribution in [0.1, 0.15) is 41.5 Å². The van der Waals surface area contributed by atoms with Gasteiger partial charge in [0.05, 0.1) is 36.1 Å². The summed E-state index contributed by atoms with van der Waals surface area (Å²) >= 11 is 0. The predicted octanol–water partition coefficient (Wildman–Crippen LogP) is 3.87. The van der Waals surface area contributed by atoms with Crippen LogP contribution in [0.4, 0.5) is 11.5 Å². The first-order chi connectivity index (χ1) is 15.5. The average Bonchev–Trinajstić information content (AvgIpc) is 2.73. The average molecular weight is 461 g/mol. The summed E-state index contributed by atoms with van der Waals surface area (Å²) < 4.78 is 12.2. The van der Waals surface area contributed by atoms with Crippen LogP contribution in [0.2, 0.25) is 0 Å². The largest absolute Gasteiger partial charge is 0.493 e. The number of rotatable bonds is 11. The van der Waals surface area contributed by atoms with Crippen molar-refractivity contribution in [1.29, 1.82) is 0 Å². The van der Waals surface area contributed by atoms with Crippen molar-refractivity contribution in [3.8, 4) is 17.0 Å². The fraction of sp³-hybridized carbons (Fsp3) is 0.522. The monoisotopic (exact) mass is 460 g/mol. The number of nitrogens with one attached hydrogen (secondary N) is 1. The van der Waals surface area contributed by atoms with E-state index in [1.165, 1.54) is 22.9 Å². The van der Waals surface area contributed by atoms with Gasteiger partial charge in [-0.25, -0.2) is 4.98 Å². The second kappa shape index (κ2) is 11.4. The van der Waals surface area contributed by atoms with Crippen molar-refractivity contribution in [2.75, 3.05) is 18.5 Å². The molecule has 0 spiro atoms. The minimum Gasteiger partial charge on any atom is -0.493 e. The summed E-state index contributed by atoms with van der Waals surface area (Å²) in [5.74, 6) is 0.129. The molecule has 0 amide bonds. The van der Waals surface area contributed by atoms with Crippen molar-refractivity contribution in [3.63, 3.8) is 0 Å². The molecule has 0 aliphatic heterocycles. The number of nitro groups is 1. The fourth-order valence-electron chi connectivity index (χ4n) is 2.86. The van der Waals surface area contributed by atoms with E-state index in [0.29, 0.717) is 17.9 Å². The molecule has 1 aromatic heterocycles. The molecule has 33 heavy (non-hydrogen) atoms. The van der Waals surface area contributed by atoms with Crippen LogP contribution < -0.4 is 15.6 Å². The van der Waals surface area contributed by atoms with E-state index in [1.807, 2.05) is 41.5 Å². The molecule has 10 nitrogen and oxygen atoms in total. The summed E-state index contributed by atoms with van der Waals surface area (Å²) in [5, 5.41) is 14.5. The van der Waals surface area contributed by atoms with Gasteiger partial charge in [0.15, 0.2) is 5.82 Å². The number of nitrogens with zero attached hydrogens (tertiary/aromatic N) is 3. The second-order valence-electron chi connectivity index (χ2n) is 8.94. The molecule has 0 radical (unpaired) electrons. The molecule has 1 heterocycles. The maximum atomic E-state index is 13.2. The second-order valence-corrected chi connectivity index (χ2v) is 8.94. The Bertz CT molecular complexity index is 1050. The Hall–Kier alpha value is -3.43. The number of carbonyl (C=O) groups excluding carboxylic acids is 1. The molecule has 0 saturated heterocycles. The van der Waals surface area contributed by atoms with Gasteiger partial charge >= 0.3 is 5.97 Å². The molecule has 0 fully saturated rings. The van der Waals surface area contributed by atoms with Gasteiger partial charge in [-0.2, -0.15) is 0 Å². The molecule has 180 valence electrons. The number of ether oxygens (including phenoxy) is 2. The van der Waals surface area contributed by atoms with E-state index in [-0.39, 0.29) is 48.2 Å². The third-order valence-electron chi connectivity index (χ3n) is 4.33. The van der Waals surface area contributed by atoms with Gasteiger partial charge in [-0.1, -0.05) is 27.7 Å². The molecule has 0 aliphatic rings. The van der Waals surface area contributed by atoms with Crippen LogP contribution in [0, 0.1) is 22.0 Å². The molecule has 2 aromatic rings. The van der Waals surface area contributed by atoms with Gasteiger partial charge in [0.25, 0.3) is 11.2 Å². The zero-order valence-electron chi connectivity index (χ0n) is 20.0. The molecule has 0 atom stereocenters. The molecule has 10 heteroatoms. The number of anilines is 1. The first kappa shape index (κ1) is 25.8. The van der Waals surface area contributed by atoms with Crippen LogP contribution in [0.3, 0.4) is 0 Å². The zero-order valence-corrected chi connectivity index (χ0v) is 20.0. The summed E-state index contributed by atoms with van der Waals surface area (Å²) in [7, 11) is 0. The normalized spacial score (nSPS) is 11.2. The minimum absolute atomic E-state index is 0.0637. The van der Waals surface area contributed by atoms with E-state index in [0.717, 1.165) is 0 Å². The van der Waals surface area contributed by atoms with Crippen LogP contribution in [0.15, 0.2) is 29.2 Å². The lowest BCUT2D eigenvalue weighted by Crippen LogP contribution is -2.31. The van der Waals surface area contributed by atoms with Gasteiger partial charge in [0.2, 0.25) is 0 Å². The van der Waals surface area contributed by atoms with Crippen LogP contribution in [0.5, 0.6) is 5.75 Å². The van der Waals surface area contributed by atoms with Gasteiger partial charge in [-0.3, -0.25) is 24.3 Å². The number of esters is 1. The Morgan fingerprint density at radius 2 is 1.79 bits per heavy atom. The predicted molar refractivity (Wildman–Crippen MR) is 125 cm³/mol. The van der Waals surface area contributed by atoms with Gasteiger partial charge in [-0.05, 0) is 31.7 Å². The summed E-state index contributed by atoms with van der Waals surface area (Å²) in [4.78, 5) is 40.8. The highest BCUT2D eigenvalue weighted by molar-refractivity contribution is 5.72. The van der Waals surface area contributed by atoms with Crippen molar-refractivity contribution in [1.82, 2.24) is 9.55 Å². The van der Waals surface area contributed by atoms with Crippen molar-refractivity contribution >= 4 is 17.5 Å². The van der Waals surface area contributed by atoms with E-state index in [9.17, 15) is 19.7 Å². The Morgan fingerprint density at radius 3 is 2.36 bits per heavy atom. The molecule has 0 aliphatic carbocycles. The number of benzene rings is 1. The number of carbonyl (C=O) groups is 1. The fourth-order valence-corrected chi connectivity index (χ4v) is 2.86. The topological polar surface area (TPSA) is 126 Å². The summed E-state index contributed by atoms with van der Waals surface area (Å²) in [6.07, 6.45) is 1.41. The van der Waals surface area contributed by atoms with E-state index in [1.54, 1.807) is 6.07 Å². The summed E-state index contributed by atoms with van der Waals surface area (Å²) in [6, 6.07) is 4.18. The lowest BCUT2D eigenvalue weighted by Gasteiger charge is -2.17. The number of aromatic nitrogens is 2. The lowest BCUT2D eigenvalue weighted by atomic mass is 10.1. The summed E-state index contributed by atoms with van der Waals surface area (Å²) in [5.41, 5.74) is -0.148. The molecule has 1 N–H and O–H groups in total. The minimum atomic E-state index is -0.588. The van der Waals surface area contributed by atoms with E-state index >= 15 is 0 Å².